The lowest BCUT2D eigenvalue weighted by atomic mass is 10.2. The van der Waals surface area contributed by atoms with Crippen molar-refractivity contribution in [2.45, 2.75) is 39.2 Å². The third-order valence-corrected chi connectivity index (χ3v) is 4.10. The lowest BCUT2D eigenvalue weighted by Gasteiger charge is -2.22. The van der Waals surface area contributed by atoms with E-state index >= 15 is 0 Å². The standard InChI is InChI=1S/C18H23N5O/c1-3-14-11-16(20-13(2)12-23-10-6-8-17(23)24)22-18(21-14)15-7-4-5-9-19-15/h4-5,7,9,11,13H,3,6,8,10,12H2,1-2H3,(H,20,21,22)/t13-/m0/s1. The molecular weight excluding hydrogens is 302 g/mol. The van der Waals surface area contributed by atoms with Crippen LogP contribution in [0.5, 0.6) is 0 Å². The van der Waals surface area contributed by atoms with Crippen LogP contribution in [0.1, 0.15) is 32.4 Å². The number of aromatic nitrogens is 3. The quantitative estimate of drug-likeness (QED) is 0.883. The maximum Gasteiger partial charge on any atom is 0.222 e. The number of hydrogen-bond acceptors (Lipinski definition) is 5. The van der Waals surface area contributed by atoms with Crippen LogP contribution in [0.2, 0.25) is 0 Å². The number of carbonyl (C=O) groups is 1. The van der Waals surface area contributed by atoms with Crippen LogP contribution >= 0.6 is 0 Å². The van der Waals surface area contributed by atoms with Gasteiger partial charge in [-0.1, -0.05) is 13.0 Å². The summed E-state index contributed by atoms with van der Waals surface area (Å²) < 4.78 is 0. The number of likely N-dealkylation sites (tertiary alicyclic amines) is 1. The monoisotopic (exact) mass is 325 g/mol. The molecule has 1 amide bonds. The topological polar surface area (TPSA) is 71.0 Å². The van der Waals surface area contributed by atoms with Crippen LogP contribution in [-0.2, 0) is 11.2 Å². The summed E-state index contributed by atoms with van der Waals surface area (Å²) in [4.78, 5) is 27.2. The minimum absolute atomic E-state index is 0.128. The molecule has 1 fully saturated rings. The third-order valence-electron chi connectivity index (χ3n) is 4.10. The second-order valence-corrected chi connectivity index (χ2v) is 6.13. The third kappa shape index (κ3) is 3.88. The normalized spacial score (nSPS) is 15.6. The van der Waals surface area contributed by atoms with E-state index in [9.17, 15) is 4.79 Å². The zero-order valence-corrected chi connectivity index (χ0v) is 14.2. The minimum atomic E-state index is 0.128. The molecule has 6 heteroatoms. The lowest BCUT2D eigenvalue weighted by Crippen LogP contribution is -2.35. The highest BCUT2D eigenvalue weighted by Crippen LogP contribution is 2.17. The summed E-state index contributed by atoms with van der Waals surface area (Å²) in [5.74, 6) is 1.65. The molecular formula is C18H23N5O. The molecule has 126 valence electrons. The Kier molecular flexibility index (Phi) is 5.03. The highest BCUT2D eigenvalue weighted by atomic mass is 16.2. The summed E-state index contributed by atoms with van der Waals surface area (Å²) in [6.45, 7) is 5.69. The Hall–Kier alpha value is -2.50. The smallest absolute Gasteiger partial charge is 0.222 e. The zero-order valence-electron chi connectivity index (χ0n) is 14.2. The Labute approximate surface area is 142 Å². The molecule has 0 unspecified atom stereocenters. The van der Waals surface area contributed by atoms with Crippen molar-refractivity contribution in [3.05, 3.63) is 36.2 Å². The molecule has 2 aromatic rings. The van der Waals surface area contributed by atoms with Crippen LogP contribution < -0.4 is 5.32 Å². The SMILES string of the molecule is CCc1cc(N[C@@H](C)CN2CCCC2=O)nc(-c2ccccn2)n1. The van der Waals surface area contributed by atoms with Gasteiger partial charge in [0.05, 0.1) is 0 Å². The molecule has 0 spiro atoms. The van der Waals surface area contributed by atoms with E-state index in [2.05, 4.69) is 34.1 Å². The van der Waals surface area contributed by atoms with Crippen LogP contribution in [0.15, 0.2) is 30.5 Å². The molecule has 1 aliphatic heterocycles. The van der Waals surface area contributed by atoms with Crippen molar-refractivity contribution in [1.82, 2.24) is 19.9 Å². The van der Waals surface area contributed by atoms with Crippen molar-refractivity contribution in [2.75, 3.05) is 18.4 Å². The fourth-order valence-electron chi connectivity index (χ4n) is 2.89. The second-order valence-electron chi connectivity index (χ2n) is 6.13. The molecule has 0 bridgehead atoms. The van der Waals surface area contributed by atoms with Crippen molar-refractivity contribution in [3.8, 4) is 11.5 Å². The Morgan fingerprint density at radius 2 is 2.21 bits per heavy atom. The van der Waals surface area contributed by atoms with Crippen LogP contribution in [-0.4, -0.2) is 44.9 Å². The van der Waals surface area contributed by atoms with E-state index in [1.807, 2.05) is 29.2 Å². The van der Waals surface area contributed by atoms with Gasteiger partial charge < -0.3 is 10.2 Å². The fourth-order valence-corrected chi connectivity index (χ4v) is 2.89. The molecule has 0 aliphatic carbocycles. The molecule has 6 nitrogen and oxygen atoms in total. The van der Waals surface area contributed by atoms with Crippen LogP contribution in [0.25, 0.3) is 11.5 Å². The van der Waals surface area contributed by atoms with Gasteiger partial charge >= 0.3 is 0 Å². The number of nitrogens with zero attached hydrogens (tertiary/aromatic N) is 4. The first-order valence-electron chi connectivity index (χ1n) is 8.49. The molecule has 1 N–H and O–H groups in total. The number of rotatable bonds is 6. The summed E-state index contributed by atoms with van der Waals surface area (Å²) in [6.07, 6.45) is 4.20. The number of carbonyl (C=O) groups excluding carboxylic acids is 1. The predicted octanol–water partition coefficient (Wildman–Crippen LogP) is 2.52. The van der Waals surface area contributed by atoms with Gasteiger partial charge in [-0.2, -0.15) is 0 Å². The van der Waals surface area contributed by atoms with Crippen LogP contribution in [0, 0.1) is 0 Å². The Bertz CT molecular complexity index is 704. The average Bonchev–Trinajstić information content (AvgIpc) is 3.00. The first-order chi connectivity index (χ1) is 11.7. The van der Waals surface area contributed by atoms with E-state index in [1.165, 1.54) is 0 Å². The van der Waals surface area contributed by atoms with Gasteiger partial charge in [0, 0.05) is 43.5 Å². The fraction of sp³-hybridized carbons (Fsp3) is 0.444. The molecule has 1 aliphatic rings. The van der Waals surface area contributed by atoms with E-state index in [1.54, 1.807) is 6.20 Å². The largest absolute Gasteiger partial charge is 0.366 e. The van der Waals surface area contributed by atoms with Gasteiger partial charge in [-0.15, -0.1) is 0 Å². The van der Waals surface area contributed by atoms with Crippen LogP contribution in [0.3, 0.4) is 0 Å². The van der Waals surface area contributed by atoms with Crippen molar-refractivity contribution >= 4 is 11.7 Å². The number of aryl methyl sites for hydroxylation is 1. The van der Waals surface area contributed by atoms with Gasteiger partial charge in [-0.3, -0.25) is 9.78 Å². The van der Waals surface area contributed by atoms with Gasteiger partial charge in [0.2, 0.25) is 5.91 Å². The molecule has 0 saturated carbocycles. The van der Waals surface area contributed by atoms with E-state index in [4.69, 9.17) is 0 Å². The lowest BCUT2D eigenvalue weighted by molar-refractivity contribution is -0.127. The zero-order chi connectivity index (χ0) is 16.9. The molecule has 24 heavy (non-hydrogen) atoms. The van der Waals surface area contributed by atoms with Gasteiger partial charge in [0.1, 0.15) is 11.5 Å². The van der Waals surface area contributed by atoms with Gasteiger partial charge in [-0.05, 0) is 31.9 Å². The number of pyridine rings is 1. The molecule has 3 heterocycles. The number of nitrogens with one attached hydrogen (secondary N) is 1. The molecule has 2 aromatic heterocycles. The highest BCUT2D eigenvalue weighted by molar-refractivity contribution is 5.78. The van der Waals surface area contributed by atoms with E-state index in [0.29, 0.717) is 18.8 Å². The van der Waals surface area contributed by atoms with E-state index < -0.39 is 0 Å². The van der Waals surface area contributed by atoms with Crippen LogP contribution in [0.4, 0.5) is 5.82 Å². The first-order valence-corrected chi connectivity index (χ1v) is 8.49. The van der Waals surface area contributed by atoms with Gasteiger partial charge in [0.25, 0.3) is 0 Å². The summed E-state index contributed by atoms with van der Waals surface area (Å²) in [7, 11) is 0. The highest BCUT2D eigenvalue weighted by Gasteiger charge is 2.22. The van der Waals surface area contributed by atoms with Crippen molar-refractivity contribution in [1.29, 1.82) is 0 Å². The summed E-state index contributed by atoms with van der Waals surface area (Å²) in [6, 6.07) is 7.81. The second kappa shape index (κ2) is 7.38. The molecule has 0 aromatic carbocycles. The van der Waals surface area contributed by atoms with Gasteiger partial charge in [-0.25, -0.2) is 9.97 Å². The Morgan fingerprint density at radius 1 is 1.33 bits per heavy atom. The van der Waals surface area contributed by atoms with E-state index in [-0.39, 0.29) is 11.9 Å². The molecule has 1 saturated heterocycles. The maximum atomic E-state index is 11.8. The van der Waals surface area contributed by atoms with Crippen molar-refractivity contribution < 1.29 is 4.79 Å². The van der Waals surface area contributed by atoms with Crippen molar-refractivity contribution in [3.63, 3.8) is 0 Å². The number of hydrogen-bond donors (Lipinski definition) is 1. The molecule has 0 radical (unpaired) electrons. The average molecular weight is 325 g/mol. The predicted molar refractivity (Wildman–Crippen MR) is 93.5 cm³/mol. The first kappa shape index (κ1) is 16.4. The van der Waals surface area contributed by atoms with Gasteiger partial charge in [0.15, 0.2) is 5.82 Å². The minimum Gasteiger partial charge on any atom is -0.366 e. The Balaban J connectivity index is 1.76. The molecule has 3 rings (SSSR count). The molecule has 1 atom stereocenters. The van der Waals surface area contributed by atoms with E-state index in [0.717, 1.165) is 36.6 Å². The maximum absolute atomic E-state index is 11.8. The number of amides is 1. The summed E-state index contributed by atoms with van der Waals surface area (Å²) in [5, 5.41) is 3.40. The Morgan fingerprint density at radius 3 is 2.88 bits per heavy atom. The summed E-state index contributed by atoms with van der Waals surface area (Å²) >= 11 is 0. The van der Waals surface area contributed by atoms with Crippen molar-refractivity contribution in [2.24, 2.45) is 0 Å². The number of anilines is 1. The summed E-state index contributed by atoms with van der Waals surface area (Å²) in [5.41, 5.74) is 1.73.